The standard InChI is InChI=1S/C12H7ClFN3O2S/c13-12-4-2-10(7-16-12)20(18,19)17-9-1-3-11(14)8(5-9)6-15/h1-5,7,17H. The Morgan fingerprint density at radius 2 is 2.05 bits per heavy atom. The molecule has 0 spiro atoms. The molecule has 0 aliphatic rings. The zero-order valence-corrected chi connectivity index (χ0v) is 11.4. The van der Waals surface area contributed by atoms with E-state index in [1.54, 1.807) is 6.07 Å². The molecule has 1 N–H and O–H groups in total. The van der Waals surface area contributed by atoms with Crippen LogP contribution in [0.25, 0.3) is 0 Å². The number of rotatable bonds is 3. The third-order valence-electron chi connectivity index (χ3n) is 2.35. The van der Waals surface area contributed by atoms with E-state index in [9.17, 15) is 12.8 Å². The summed E-state index contributed by atoms with van der Waals surface area (Å²) in [6.07, 6.45) is 1.10. The van der Waals surface area contributed by atoms with E-state index in [4.69, 9.17) is 16.9 Å². The van der Waals surface area contributed by atoms with Crippen LogP contribution in [0.3, 0.4) is 0 Å². The molecule has 0 saturated heterocycles. The van der Waals surface area contributed by atoms with Gasteiger partial charge in [-0.2, -0.15) is 5.26 Å². The predicted octanol–water partition coefficient (Wildman–Crippen LogP) is 2.55. The molecule has 20 heavy (non-hydrogen) atoms. The van der Waals surface area contributed by atoms with E-state index >= 15 is 0 Å². The summed E-state index contributed by atoms with van der Waals surface area (Å²) >= 11 is 5.57. The fraction of sp³-hybridized carbons (Fsp3) is 0. The van der Waals surface area contributed by atoms with Gasteiger partial charge in [-0.3, -0.25) is 4.72 Å². The zero-order chi connectivity index (χ0) is 14.8. The van der Waals surface area contributed by atoms with Crippen molar-refractivity contribution in [2.45, 2.75) is 4.90 Å². The van der Waals surface area contributed by atoms with Gasteiger partial charge in [-0.25, -0.2) is 17.8 Å². The van der Waals surface area contributed by atoms with Crippen molar-refractivity contribution in [1.82, 2.24) is 4.98 Å². The fourth-order valence-corrected chi connectivity index (χ4v) is 2.52. The molecule has 1 heterocycles. The first-order valence-electron chi connectivity index (χ1n) is 5.26. The molecule has 102 valence electrons. The van der Waals surface area contributed by atoms with Crippen LogP contribution in [0.5, 0.6) is 0 Å². The lowest BCUT2D eigenvalue weighted by atomic mass is 10.2. The molecule has 0 aliphatic carbocycles. The second kappa shape index (κ2) is 5.45. The smallest absolute Gasteiger partial charge is 0.263 e. The number of hydrogen-bond donors (Lipinski definition) is 1. The molecule has 0 aliphatic heterocycles. The maximum Gasteiger partial charge on any atom is 0.263 e. The minimum Gasteiger partial charge on any atom is -0.280 e. The highest BCUT2D eigenvalue weighted by atomic mass is 35.5. The van der Waals surface area contributed by atoms with Gasteiger partial charge < -0.3 is 0 Å². The summed E-state index contributed by atoms with van der Waals surface area (Å²) in [5.41, 5.74) is -0.169. The highest BCUT2D eigenvalue weighted by Crippen LogP contribution is 2.19. The van der Waals surface area contributed by atoms with Crippen LogP contribution in [0.15, 0.2) is 41.4 Å². The van der Waals surface area contributed by atoms with Gasteiger partial charge in [0.1, 0.15) is 21.9 Å². The van der Waals surface area contributed by atoms with Crippen LogP contribution in [-0.2, 0) is 10.0 Å². The Kier molecular flexibility index (Phi) is 3.88. The van der Waals surface area contributed by atoms with E-state index in [1.807, 2.05) is 0 Å². The van der Waals surface area contributed by atoms with Gasteiger partial charge in [-0.15, -0.1) is 0 Å². The normalized spacial score (nSPS) is 10.8. The summed E-state index contributed by atoms with van der Waals surface area (Å²) in [7, 11) is -3.87. The zero-order valence-electron chi connectivity index (χ0n) is 9.84. The van der Waals surface area contributed by atoms with Crippen molar-refractivity contribution in [3.8, 4) is 6.07 Å². The van der Waals surface area contributed by atoms with Crippen molar-refractivity contribution < 1.29 is 12.8 Å². The average molecular weight is 312 g/mol. The number of sulfonamides is 1. The minimum absolute atomic E-state index is 0.0814. The Bertz CT molecular complexity index is 785. The minimum atomic E-state index is -3.87. The first-order valence-corrected chi connectivity index (χ1v) is 7.12. The number of hydrogen-bond acceptors (Lipinski definition) is 4. The summed E-state index contributed by atoms with van der Waals surface area (Å²) in [5.74, 6) is -0.719. The van der Waals surface area contributed by atoms with Crippen molar-refractivity contribution in [2.75, 3.05) is 4.72 Å². The quantitative estimate of drug-likeness (QED) is 0.883. The number of halogens is 2. The van der Waals surface area contributed by atoms with Crippen molar-refractivity contribution in [1.29, 1.82) is 5.26 Å². The summed E-state index contributed by atoms with van der Waals surface area (Å²) in [6, 6.07) is 7.59. The highest BCUT2D eigenvalue weighted by molar-refractivity contribution is 7.92. The number of benzene rings is 1. The molecule has 0 amide bonds. The molecule has 2 aromatic rings. The first-order chi connectivity index (χ1) is 9.42. The second-order valence-corrected chi connectivity index (χ2v) is 5.80. The van der Waals surface area contributed by atoms with Crippen LogP contribution >= 0.6 is 11.6 Å². The Hall–Kier alpha value is -2.17. The molecule has 1 aromatic carbocycles. The summed E-state index contributed by atoms with van der Waals surface area (Å²) in [6.45, 7) is 0. The van der Waals surface area contributed by atoms with E-state index in [2.05, 4.69) is 9.71 Å². The molecule has 0 unspecified atom stereocenters. The lowest BCUT2D eigenvalue weighted by molar-refractivity contribution is 0.600. The Morgan fingerprint density at radius 3 is 2.65 bits per heavy atom. The van der Waals surface area contributed by atoms with Crippen molar-refractivity contribution in [3.63, 3.8) is 0 Å². The number of aromatic nitrogens is 1. The number of nitrogens with one attached hydrogen (secondary N) is 1. The number of anilines is 1. The van der Waals surface area contributed by atoms with Crippen LogP contribution in [0.4, 0.5) is 10.1 Å². The molecule has 5 nitrogen and oxygen atoms in total. The van der Waals surface area contributed by atoms with Gasteiger partial charge in [0, 0.05) is 6.20 Å². The summed E-state index contributed by atoms with van der Waals surface area (Å²) in [4.78, 5) is 3.58. The topological polar surface area (TPSA) is 82.9 Å². The molecular formula is C12H7ClFN3O2S. The maximum atomic E-state index is 13.1. The van der Waals surface area contributed by atoms with Crippen molar-refractivity contribution in [2.24, 2.45) is 0 Å². The third kappa shape index (κ3) is 3.04. The lowest BCUT2D eigenvalue weighted by Gasteiger charge is -2.08. The summed E-state index contributed by atoms with van der Waals surface area (Å²) < 4.78 is 39.4. The van der Waals surface area contributed by atoms with E-state index in [1.165, 1.54) is 18.2 Å². The fourth-order valence-electron chi connectivity index (χ4n) is 1.41. The van der Waals surface area contributed by atoms with Crippen LogP contribution in [0.2, 0.25) is 5.15 Å². The largest absolute Gasteiger partial charge is 0.280 e. The Morgan fingerprint density at radius 1 is 1.30 bits per heavy atom. The van der Waals surface area contributed by atoms with Crippen LogP contribution in [0, 0.1) is 17.1 Å². The number of nitrogens with zero attached hydrogens (tertiary/aromatic N) is 2. The second-order valence-electron chi connectivity index (χ2n) is 3.73. The molecular weight excluding hydrogens is 305 g/mol. The molecule has 0 bridgehead atoms. The lowest BCUT2D eigenvalue weighted by Crippen LogP contribution is -2.13. The third-order valence-corrected chi connectivity index (χ3v) is 3.94. The molecule has 0 fully saturated rings. The van der Waals surface area contributed by atoms with Gasteiger partial charge in [0.2, 0.25) is 0 Å². The van der Waals surface area contributed by atoms with Gasteiger partial charge >= 0.3 is 0 Å². The van der Waals surface area contributed by atoms with E-state index < -0.39 is 15.8 Å². The van der Waals surface area contributed by atoms with Crippen molar-refractivity contribution >= 4 is 27.3 Å². The van der Waals surface area contributed by atoms with Crippen LogP contribution in [-0.4, -0.2) is 13.4 Å². The van der Waals surface area contributed by atoms with Gasteiger partial charge in [-0.1, -0.05) is 11.6 Å². The SMILES string of the molecule is N#Cc1cc(NS(=O)(=O)c2ccc(Cl)nc2)ccc1F. The van der Waals surface area contributed by atoms with Gasteiger partial charge in [0.05, 0.1) is 11.3 Å². The van der Waals surface area contributed by atoms with Crippen LogP contribution in [0.1, 0.15) is 5.56 Å². The monoisotopic (exact) mass is 311 g/mol. The molecule has 0 radical (unpaired) electrons. The van der Waals surface area contributed by atoms with E-state index in [0.29, 0.717) is 0 Å². The average Bonchev–Trinajstić information content (AvgIpc) is 2.41. The highest BCUT2D eigenvalue weighted by Gasteiger charge is 2.15. The molecule has 8 heteroatoms. The Balaban J connectivity index is 2.34. The molecule has 1 aromatic heterocycles. The van der Waals surface area contributed by atoms with Crippen molar-refractivity contribution in [3.05, 3.63) is 53.1 Å². The molecule has 0 saturated carbocycles. The van der Waals surface area contributed by atoms with Gasteiger partial charge in [0.15, 0.2) is 0 Å². The Labute approximate surface area is 119 Å². The molecule has 2 rings (SSSR count). The first kappa shape index (κ1) is 14.2. The molecule has 0 atom stereocenters. The summed E-state index contributed by atoms with van der Waals surface area (Å²) in [5, 5.41) is 8.86. The van der Waals surface area contributed by atoms with Gasteiger partial charge in [-0.05, 0) is 30.3 Å². The van der Waals surface area contributed by atoms with Gasteiger partial charge in [0.25, 0.3) is 10.0 Å². The number of nitriles is 1. The maximum absolute atomic E-state index is 13.1. The van der Waals surface area contributed by atoms with E-state index in [0.717, 1.165) is 18.3 Å². The number of pyridine rings is 1. The predicted molar refractivity (Wildman–Crippen MR) is 71.2 cm³/mol. The van der Waals surface area contributed by atoms with Crippen LogP contribution < -0.4 is 4.72 Å². The van der Waals surface area contributed by atoms with E-state index in [-0.39, 0.29) is 21.3 Å².